The zero-order valence-electron chi connectivity index (χ0n) is 16.3. The number of likely N-dealkylation sites (tertiary alicyclic amines) is 1. The van der Waals surface area contributed by atoms with Gasteiger partial charge in [0, 0.05) is 37.1 Å². The van der Waals surface area contributed by atoms with Gasteiger partial charge in [-0.25, -0.2) is 9.78 Å². The van der Waals surface area contributed by atoms with E-state index in [0.29, 0.717) is 55.0 Å². The number of hydrogen-bond donors (Lipinski definition) is 0. The van der Waals surface area contributed by atoms with Crippen LogP contribution in [-0.4, -0.2) is 38.0 Å². The van der Waals surface area contributed by atoms with Crippen LogP contribution in [0.2, 0.25) is 5.02 Å². The van der Waals surface area contributed by atoms with Gasteiger partial charge in [0.05, 0.1) is 22.9 Å². The highest BCUT2D eigenvalue weighted by atomic mass is 35.5. The summed E-state index contributed by atoms with van der Waals surface area (Å²) in [5.41, 5.74) is 3.22. The van der Waals surface area contributed by atoms with E-state index in [1.165, 1.54) is 0 Å². The van der Waals surface area contributed by atoms with Crippen LogP contribution in [0.4, 0.5) is 0 Å². The number of nitrogens with zero attached hydrogens (tertiary/aromatic N) is 4. The van der Waals surface area contributed by atoms with Crippen molar-refractivity contribution in [1.29, 1.82) is 0 Å². The average molecular weight is 425 g/mol. The van der Waals surface area contributed by atoms with Crippen LogP contribution in [0.3, 0.4) is 0 Å². The lowest BCUT2D eigenvalue weighted by molar-refractivity contribution is -0.132. The molecule has 7 nitrogen and oxygen atoms in total. The molecular formula is C22H21ClN4O3. The topological polar surface area (TPSA) is 73.3 Å². The van der Waals surface area contributed by atoms with Gasteiger partial charge in [-0.2, -0.15) is 0 Å². The summed E-state index contributed by atoms with van der Waals surface area (Å²) in [6, 6.07) is 13.1. The molecule has 0 radical (unpaired) electrons. The summed E-state index contributed by atoms with van der Waals surface area (Å²) in [6.07, 6.45) is 3.63. The van der Waals surface area contributed by atoms with E-state index in [2.05, 4.69) is 4.98 Å². The Labute approximate surface area is 177 Å². The number of carbonyl (C=O) groups excluding carboxylic acids is 1. The van der Waals surface area contributed by atoms with Crippen LogP contribution < -0.4 is 5.76 Å². The summed E-state index contributed by atoms with van der Waals surface area (Å²) < 4.78 is 9.05. The van der Waals surface area contributed by atoms with E-state index < -0.39 is 0 Å². The number of rotatable bonds is 4. The van der Waals surface area contributed by atoms with Gasteiger partial charge >= 0.3 is 5.76 Å². The standard InChI is InChI=1S/C22H21ClN4O3/c23-15-5-6-20-19(13-15)27(22(29)30-20)16-7-10-25(11-8-16)21(28)9-12-26-14-24-17-3-1-2-4-18(17)26/h1-6,13-14,16H,7-12H2. The zero-order chi connectivity index (χ0) is 20.7. The molecule has 0 spiro atoms. The first kappa shape index (κ1) is 18.9. The van der Waals surface area contributed by atoms with Crippen LogP contribution in [0.5, 0.6) is 0 Å². The van der Waals surface area contributed by atoms with Gasteiger partial charge in [0.25, 0.3) is 0 Å². The summed E-state index contributed by atoms with van der Waals surface area (Å²) in [6.45, 7) is 1.84. The van der Waals surface area contributed by atoms with E-state index in [1.807, 2.05) is 33.7 Å². The molecule has 1 aliphatic heterocycles. The molecule has 5 rings (SSSR count). The second-order valence-electron chi connectivity index (χ2n) is 7.64. The van der Waals surface area contributed by atoms with Crippen molar-refractivity contribution in [3.8, 4) is 0 Å². The smallest absolute Gasteiger partial charge is 0.408 e. The number of carbonyl (C=O) groups is 1. The number of aromatic nitrogens is 3. The summed E-state index contributed by atoms with van der Waals surface area (Å²) in [7, 11) is 0. The fourth-order valence-electron chi connectivity index (χ4n) is 4.29. The maximum absolute atomic E-state index is 12.7. The first-order valence-corrected chi connectivity index (χ1v) is 10.5. The van der Waals surface area contributed by atoms with Crippen LogP contribution in [0.1, 0.15) is 25.3 Å². The van der Waals surface area contributed by atoms with Gasteiger partial charge in [0.2, 0.25) is 5.91 Å². The summed E-state index contributed by atoms with van der Waals surface area (Å²) in [5, 5.41) is 0.566. The molecular weight excluding hydrogens is 404 g/mol. The number of aryl methyl sites for hydroxylation is 1. The van der Waals surface area contributed by atoms with Gasteiger partial charge in [0.1, 0.15) is 0 Å². The lowest BCUT2D eigenvalue weighted by Gasteiger charge is -2.32. The summed E-state index contributed by atoms with van der Waals surface area (Å²) in [4.78, 5) is 31.4. The predicted octanol–water partition coefficient (Wildman–Crippen LogP) is 3.85. The van der Waals surface area contributed by atoms with Gasteiger partial charge in [-0.05, 0) is 43.2 Å². The van der Waals surface area contributed by atoms with Crippen molar-refractivity contribution in [2.45, 2.75) is 31.8 Å². The van der Waals surface area contributed by atoms with Gasteiger partial charge < -0.3 is 13.9 Å². The molecule has 0 aliphatic carbocycles. The molecule has 2 aromatic carbocycles. The van der Waals surface area contributed by atoms with Crippen LogP contribution in [0, 0.1) is 0 Å². The number of piperidine rings is 1. The third-order valence-corrected chi connectivity index (χ3v) is 6.09. The summed E-state index contributed by atoms with van der Waals surface area (Å²) in [5.74, 6) is -0.247. The number of imidazole rings is 1. The van der Waals surface area contributed by atoms with Gasteiger partial charge in [0.15, 0.2) is 5.58 Å². The van der Waals surface area contributed by atoms with E-state index in [9.17, 15) is 9.59 Å². The molecule has 30 heavy (non-hydrogen) atoms. The molecule has 8 heteroatoms. The molecule has 1 aliphatic rings. The largest absolute Gasteiger partial charge is 0.420 e. The lowest BCUT2D eigenvalue weighted by atomic mass is 10.0. The van der Waals surface area contributed by atoms with Gasteiger partial charge in [-0.15, -0.1) is 0 Å². The van der Waals surface area contributed by atoms with E-state index in [4.69, 9.17) is 16.0 Å². The van der Waals surface area contributed by atoms with Crippen molar-refractivity contribution in [2.75, 3.05) is 13.1 Å². The fraction of sp³-hybridized carbons (Fsp3) is 0.318. The Bertz CT molecular complexity index is 1280. The van der Waals surface area contributed by atoms with Crippen molar-refractivity contribution in [3.05, 3.63) is 64.4 Å². The second-order valence-corrected chi connectivity index (χ2v) is 8.08. The fourth-order valence-corrected chi connectivity index (χ4v) is 4.45. The third kappa shape index (κ3) is 3.39. The Morgan fingerprint density at radius 1 is 1.13 bits per heavy atom. The van der Waals surface area contributed by atoms with Crippen LogP contribution in [-0.2, 0) is 11.3 Å². The molecule has 154 valence electrons. The Hall–Kier alpha value is -3.06. The SMILES string of the molecule is O=C(CCn1cnc2ccccc21)N1CCC(n2c(=O)oc3ccc(Cl)cc32)CC1. The minimum Gasteiger partial charge on any atom is -0.408 e. The van der Waals surface area contributed by atoms with Gasteiger partial charge in [-0.1, -0.05) is 23.7 Å². The van der Waals surface area contributed by atoms with Crippen molar-refractivity contribution < 1.29 is 9.21 Å². The molecule has 4 aromatic rings. The number of fused-ring (bicyclic) bond motifs is 2. The monoisotopic (exact) mass is 424 g/mol. The lowest BCUT2D eigenvalue weighted by Crippen LogP contribution is -2.40. The van der Waals surface area contributed by atoms with Crippen molar-refractivity contribution in [2.24, 2.45) is 0 Å². The predicted molar refractivity (Wildman–Crippen MR) is 115 cm³/mol. The van der Waals surface area contributed by atoms with Crippen LogP contribution in [0.15, 0.2) is 58.0 Å². The normalized spacial score (nSPS) is 15.3. The van der Waals surface area contributed by atoms with E-state index in [0.717, 1.165) is 11.0 Å². The van der Waals surface area contributed by atoms with E-state index >= 15 is 0 Å². The first-order chi connectivity index (χ1) is 14.6. The second kappa shape index (κ2) is 7.65. The summed E-state index contributed by atoms with van der Waals surface area (Å²) >= 11 is 6.10. The molecule has 1 fully saturated rings. The highest BCUT2D eigenvalue weighted by Gasteiger charge is 2.26. The number of oxazole rings is 1. The Morgan fingerprint density at radius 2 is 1.93 bits per heavy atom. The molecule has 3 heterocycles. The van der Waals surface area contributed by atoms with E-state index in [-0.39, 0.29) is 17.7 Å². The van der Waals surface area contributed by atoms with Crippen LogP contribution >= 0.6 is 11.6 Å². The first-order valence-electron chi connectivity index (χ1n) is 10.1. The highest BCUT2D eigenvalue weighted by molar-refractivity contribution is 6.31. The number of amides is 1. The molecule has 0 saturated carbocycles. The maximum atomic E-state index is 12.7. The minimum absolute atomic E-state index is 0.00106. The Balaban J connectivity index is 1.24. The molecule has 0 bridgehead atoms. The molecule has 0 unspecified atom stereocenters. The number of para-hydroxylation sites is 2. The Morgan fingerprint density at radius 3 is 2.77 bits per heavy atom. The van der Waals surface area contributed by atoms with Crippen molar-refractivity contribution in [1.82, 2.24) is 19.0 Å². The number of halogens is 1. The number of hydrogen-bond acceptors (Lipinski definition) is 4. The molecule has 2 aromatic heterocycles. The van der Waals surface area contributed by atoms with Gasteiger partial charge in [-0.3, -0.25) is 9.36 Å². The molecule has 1 amide bonds. The quantitative estimate of drug-likeness (QED) is 0.498. The van der Waals surface area contributed by atoms with Crippen molar-refractivity contribution >= 4 is 39.6 Å². The molecule has 0 atom stereocenters. The highest BCUT2D eigenvalue weighted by Crippen LogP contribution is 2.27. The molecule has 0 N–H and O–H groups in total. The molecule has 1 saturated heterocycles. The minimum atomic E-state index is -0.371. The van der Waals surface area contributed by atoms with E-state index in [1.54, 1.807) is 29.1 Å². The Kier molecular flexibility index (Phi) is 4.83. The van der Waals surface area contributed by atoms with Crippen molar-refractivity contribution in [3.63, 3.8) is 0 Å². The number of benzene rings is 2. The average Bonchev–Trinajstić information content (AvgIpc) is 3.32. The maximum Gasteiger partial charge on any atom is 0.420 e. The van der Waals surface area contributed by atoms with Crippen LogP contribution in [0.25, 0.3) is 22.1 Å². The third-order valence-electron chi connectivity index (χ3n) is 5.85. The zero-order valence-corrected chi connectivity index (χ0v) is 17.1.